The van der Waals surface area contributed by atoms with Crippen LogP contribution in [-0.4, -0.2) is 10.8 Å². The zero-order chi connectivity index (χ0) is 17.5. The van der Waals surface area contributed by atoms with Gasteiger partial charge in [0.15, 0.2) is 0 Å². The molecule has 0 radical (unpaired) electrons. The maximum absolute atomic E-state index is 11.6. The molecule has 0 heterocycles. The minimum Gasteiger partial charge on any atom is -0.324 e. The number of nitrogens with zero attached hydrogens (tertiary/aromatic N) is 3. The van der Waals surface area contributed by atoms with Crippen molar-refractivity contribution in [1.29, 1.82) is 10.5 Å². The number of amides is 1. The SMILES string of the molecule is N#CCC(=O)Nc1ccccc1Sc1ccc([N+](=O)[O-])cc1C#N. The lowest BCUT2D eigenvalue weighted by Gasteiger charge is -2.10. The van der Waals surface area contributed by atoms with Gasteiger partial charge in [0.1, 0.15) is 12.5 Å². The van der Waals surface area contributed by atoms with Gasteiger partial charge in [-0.2, -0.15) is 10.5 Å². The number of anilines is 1. The standard InChI is InChI=1S/C16H10N4O3S/c17-8-7-16(21)19-13-3-1-2-4-15(13)24-14-6-5-12(20(22)23)9-11(14)10-18/h1-6,9H,7H2,(H,19,21). The van der Waals surface area contributed by atoms with Crippen LogP contribution in [0.25, 0.3) is 0 Å². The summed E-state index contributed by atoms with van der Waals surface area (Å²) in [6, 6.07) is 14.6. The van der Waals surface area contributed by atoms with Crippen LogP contribution in [-0.2, 0) is 4.79 Å². The molecule has 0 aliphatic rings. The van der Waals surface area contributed by atoms with Gasteiger partial charge >= 0.3 is 0 Å². The molecule has 2 aromatic rings. The van der Waals surface area contributed by atoms with E-state index in [1.165, 1.54) is 30.0 Å². The predicted molar refractivity (Wildman–Crippen MR) is 87.2 cm³/mol. The van der Waals surface area contributed by atoms with Gasteiger partial charge in [-0.25, -0.2) is 0 Å². The summed E-state index contributed by atoms with van der Waals surface area (Å²) in [4.78, 5) is 23.0. The number of carbonyl (C=O) groups excluding carboxylic acids is 1. The van der Waals surface area contributed by atoms with Gasteiger partial charge in [-0.05, 0) is 18.2 Å². The van der Waals surface area contributed by atoms with Gasteiger partial charge in [-0.15, -0.1) is 0 Å². The Kier molecular flexibility index (Phi) is 5.50. The third-order valence-electron chi connectivity index (χ3n) is 2.92. The number of carbonyl (C=O) groups is 1. The van der Waals surface area contributed by atoms with Crippen LogP contribution in [0, 0.1) is 32.8 Å². The Balaban J connectivity index is 2.32. The van der Waals surface area contributed by atoms with Crippen LogP contribution in [0.1, 0.15) is 12.0 Å². The van der Waals surface area contributed by atoms with Crippen molar-refractivity contribution in [3.8, 4) is 12.1 Å². The van der Waals surface area contributed by atoms with Gasteiger partial charge in [0, 0.05) is 21.9 Å². The Hall–Kier alpha value is -3.36. The van der Waals surface area contributed by atoms with E-state index < -0.39 is 10.8 Å². The Labute approximate surface area is 141 Å². The minimum absolute atomic E-state index is 0.161. The largest absolute Gasteiger partial charge is 0.324 e. The molecule has 7 nitrogen and oxygen atoms in total. The number of nitro groups is 1. The molecule has 0 saturated heterocycles. The van der Waals surface area contributed by atoms with Crippen LogP contribution in [0.15, 0.2) is 52.3 Å². The summed E-state index contributed by atoms with van der Waals surface area (Å²) in [5, 5.41) is 31.2. The van der Waals surface area contributed by atoms with E-state index >= 15 is 0 Å². The summed E-state index contributed by atoms with van der Waals surface area (Å²) in [5.41, 5.74) is 0.517. The van der Waals surface area contributed by atoms with Crippen LogP contribution in [0.5, 0.6) is 0 Å². The van der Waals surface area contributed by atoms with E-state index in [9.17, 15) is 20.2 Å². The molecule has 0 atom stereocenters. The van der Waals surface area contributed by atoms with Crippen molar-refractivity contribution in [2.45, 2.75) is 16.2 Å². The molecule has 0 aliphatic heterocycles. The number of benzene rings is 2. The summed E-state index contributed by atoms with van der Waals surface area (Å²) in [5.74, 6) is -0.435. The Bertz CT molecular complexity index is 884. The molecule has 118 valence electrons. The van der Waals surface area contributed by atoms with Crippen LogP contribution >= 0.6 is 11.8 Å². The molecule has 1 amide bonds. The average molecular weight is 338 g/mol. The first-order chi connectivity index (χ1) is 11.5. The second-order valence-corrected chi connectivity index (χ2v) is 5.61. The fraction of sp³-hybridized carbons (Fsp3) is 0.0625. The van der Waals surface area contributed by atoms with Crippen LogP contribution < -0.4 is 5.32 Å². The fourth-order valence-electron chi connectivity index (χ4n) is 1.85. The summed E-state index contributed by atoms with van der Waals surface area (Å²) in [6.07, 6.45) is -0.264. The highest BCUT2D eigenvalue weighted by molar-refractivity contribution is 7.99. The molecule has 0 bridgehead atoms. The van der Waals surface area contributed by atoms with Crippen molar-refractivity contribution in [1.82, 2.24) is 0 Å². The lowest BCUT2D eigenvalue weighted by atomic mass is 10.2. The molecule has 24 heavy (non-hydrogen) atoms. The zero-order valence-corrected chi connectivity index (χ0v) is 13.0. The van der Waals surface area contributed by atoms with Crippen LogP contribution in [0.4, 0.5) is 11.4 Å². The van der Waals surface area contributed by atoms with E-state index in [2.05, 4.69) is 5.32 Å². The number of nitriles is 2. The van der Waals surface area contributed by atoms with Gasteiger partial charge in [0.25, 0.3) is 5.69 Å². The number of nitro benzene ring substituents is 1. The number of para-hydroxylation sites is 1. The molecule has 8 heteroatoms. The van der Waals surface area contributed by atoms with Crippen molar-refractivity contribution in [2.75, 3.05) is 5.32 Å². The fourth-order valence-corrected chi connectivity index (χ4v) is 2.81. The lowest BCUT2D eigenvalue weighted by Crippen LogP contribution is -2.10. The predicted octanol–water partition coefficient (Wildman–Crippen LogP) is 3.47. The van der Waals surface area contributed by atoms with Gasteiger partial charge in [0.05, 0.1) is 22.2 Å². The molecule has 0 saturated carbocycles. The Morgan fingerprint density at radius 3 is 2.62 bits per heavy atom. The number of rotatable bonds is 5. The molecule has 0 aromatic heterocycles. The first-order valence-electron chi connectivity index (χ1n) is 6.67. The molecular weight excluding hydrogens is 328 g/mol. The highest BCUT2D eigenvalue weighted by Crippen LogP contribution is 2.36. The van der Waals surface area contributed by atoms with Gasteiger partial charge in [-0.1, -0.05) is 23.9 Å². The topological polar surface area (TPSA) is 120 Å². The molecule has 0 unspecified atom stereocenters. The monoisotopic (exact) mass is 338 g/mol. The Morgan fingerprint density at radius 1 is 1.21 bits per heavy atom. The highest BCUT2D eigenvalue weighted by atomic mass is 32.2. The molecular formula is C16H10N4O3S. The second-order valence-electron chi connectivity index (χ2n) is 4.53. The third-order valence-corrected chi connectivity index (χ3v) is 4.07. The van der Waals surface area contributed by atoms with Crippen molar-refractivity contribution < 1.29 is 9.72 Å². The number of non-ortho nitro benzene ring substituents is 1. The van der Waals surface area contributed by atoms with Crippen LogP contribution in [0.3, 0.4) is 0 Å². The summed E-state index contributed by atoms with van der Waals surface area (Å²) < 4.78 is 0. The van der Waals surface area contributed by atoms with E-state index in [1.54, 1.807) is 30.3 Å². The van der Waals surface area contributed by atoms with Gasteiger partial charge in [0.2, 0.25) is 5.91 Å². The summed E-state index contributed by atoms with van der Waals surface area (Å²) in [7, 11) is 0. The van der Waals surface area contributed by atoms with E-state index in [0.717, 1.165) is 0 Å². The normalized spacial score (nSPS) is 9.58. The third kappa shape index (κ3) is 4.09. The summed E-state index contributed by atoms with van der Waals surface area (Å²) in [6.45, 7) is 0. The minimum atomic E-state index is -0.564. The van der Waals surface area contributed by atoms with Crippen molar-refractivity contribution >= 4 is 29.0 Å². The van der Waals surface area contributed by atoms with Crippen molar-refractivity contribution in [2.24, 2.45) is 0 Å². The maximum atomic E-state index is 11.6. The highest BCUT2D eigenvalue weighted by Gasteiger charge is 2.14. The quantitative estimate of drug-likeness (QED) is 0.658. The molecule has 1 N–H and O–H groups in total. The van der Waals surface area contributed by atoms with E-state index in [4.69, 9.17) is 5.26 Å². The molecule has 0 aliphatic carbocycles. The van der Waals surface area contributed by atoms with Crippen LogP contribution in [0.2, 0.25) is 0 Å². The number of nitrogens with one attached hydrogen (secondary N) is 1. The second kappa shape index (κ2) is 7.77. The Morgan fingerprint density at radius 2 is 1.96 bits per heavy atom. The van der Waals surface area contributed by atoms with Crippen molar-refractivity contribution in [3.05, 3.63) is 58.1 Å². The average Bonchev–Trinajstić information content (AvgIpc) is 2.57. The zero-order valence-electron chi connectivity index (χ0n) is 12.2. The first-order valence-corrected chi connectivity index (χ1v) is 7.49. The van der Waals surface area contributed by atoms with E-state index in [1.807, 2.05) is 6.07 Å². The molecule has 2 rings (SSSR count). The van der Waals surface area contributed by atoms with E-state index in [0.29, 0.717) is 15.5 Å². The van der Waals surface area contributed by atoms with Gasteiger partial charge < -0.3 is 5.32 Å². The van der Waals surface area contributed by atoms with E-state index in [-0.39, 0.29) is 17.7 Å². The number of hydrogen-bond acceptors (Lipinski definition) is 6. The maximum Gasteiger partial charge on any atom is 0.270 e. The molecule has 2 aromatic carbocycles. The lowest BCUT2D eigenvalue weighted by molar-refractivity contribution is -0.384. The summed E-state index contributed by atoms with van der Waals surface area (Å²) >= 11 is 1.20. The van der Waals surface area contributed by atoms with Crippen molar-refractivity contribution in [3.63, 3.8) is 0 Å². The molecule has 0 fully saturated rings. The first kappa shape index (κ1) is 17.0. The molecule has 0 spiro atoms. The smallest absolute Gasteiger partial charge is 0.270 e. The number of hydrogen-bond donors (Lipinski definition) is 1. The van der Waals surface area contributed by atoms with Gasteiger partial charge in [-0.3, -0.25) is 14.9 Å².